The standard InChI is InChI=1S/C16H13F2N3O/c1-10-8-15(16(22)14-7-4-12(18)9-19-14)21(20-10)13-5-2-11(17)3-6-13/h2-9,16,22H,1H3. The van der Waals surface area contributed by atoms with Gasteiger partial charge in [-0.25, -0.2) is 13.5 Å². The number of aliphatic hydroxyl groups excluding tert-OH is 1. The van der Waals surface area contributed by atoms with Gasteiger partial charge in [-0.2, -0.15) is 5.10 Å². The molecule has 3 rings (SSSR count). The van der Waals surface area contributed by atoms with E-state index >= 15 is 0 Å². The van der Waals surface area contributed by atoms with E-state index in [9.17, 15) is 13.9 Å². The van der Waals surface area contributed by atoms with Gasteiger partial charge >= 0.3 is 0 Å². The Morgan fingerprint density at radius 1 is 1.05 bits per heavy atom. The second kappa shape index (κ2) is 5.65. The number of hydrogen-bond acceptors (Lipinski definition) is 3. The fourth-order valence-electron chi connectivity index (χ4n) is 2.20. The Balaban J connectivity index is 2.03. The normalized spacial score (nSPS) is 12.4. The van der Waals surface area contributed by atoms with E-state index in [0.717, 1.165) is 6.20 Å². The van der Waals surface area contributed by atoms with Crippen LogP contribution < -0.4 is 0 Å². The molecule has 3 aromatic rings. The van der Waals surface area contributed by atoms with Crippen LogP contribution in [0.4, 0.5) is 8.78 Å². The van der Waals surface area contributed by atoms with Gasteiger partial charge in [-0.15, -0.1) is 0 Å². The maximum Gasteiger partial charge on any atom is 0.141 e. The van der Waals surface area contributed by atoms with E-state index in [1.54, 1.807) is 25.1 Å². The molecule has 0 amide bonds. The summed E-state index contributed by atoms with van der Waals surface area (Å²) in [5, 5.41) is 14.8. The Morgan fingerprint density at radius 2 is 1.73 bits per heavy atom. The monoisotopic (exact) mass is 301 g/mol. The van der Waals surface area contributed by atoms with Gasteiger partial charge in [-0.1, -0.05) is 0 Å². The summed E-state index contributed by atoms with van der Waals surface area (Å²) in [6.45, 7) is 1.79. The maximum absolute atomic E-state index is 13.0. The molecule has 0 spiro atoms. The highest BCUT2D eigenvalue weighted by Crippen LogP contribution is 2.24. The molecular formula is C16H13F2N3O. The summed E-state index contributed by atoms with van der Waals surface area (Å²) in [4.78, 5) is 3.89. The van der Waals surface area contributed by atoms with Gasteiger partial charge in [0.25, 0.3) is 0 Å². The summed E-state index contributed by atoms with van der Waals surface area (Å²) in [7, 11) is 0. The summed E-state index contributed by atoms with van der Waals surface area (Å²) < 4.78 is 27.5. The molecule has 0 aliphatic heterocycles. The Kier molecular flexibility index (Phi) is 3.68. The maximum atomic E-state index is 13.0. The second-order valence-corrected chi connectivity index (χ2v) is 4.90. The molecule has 0 aliphatic carbocycles. The van der Waals surface area contributed by atoms with Crippen LogP contribution in [0.5, 0.6) is 0 Å². The molecule has 0 bridgehead atoms. The van der Waals surface area contributed by atoms with Gasteiger partial charge < -0.3 is 5.11 Å². The lowest BCUT2D eigenvalue weighted by Gasteiger charge is -2.13. The molecule has 1 unspecified atom stereocenters. The van der Waals surface area contributed by atoms with Crippen molar-refractivity contribution in [3.05, 3.63) is 77.4 Å². The van der Waals surface area contributed by atoms with Crippen molar-refractivity contribution in [2.45, 2.75) is 13.0 Å². The SMILES string of the molecule is Cc1cc(C(O)c2ccc(F)cn2)n(-c2ccc(F)cc2)n1. The van der Waals surface area contributed by atoms with Crippen LogP contribution in [0, 0.1) is 18.6 Å². The van der Waals surface area contributed by atoms with Gasteiger partial charge in [-0.05, 0) is 49.4 Å². The topological polar surface area (TPSA) is 50.9 Å². The number of pyridine rings is 1. The highest BCUT2D eigenvalue weighted by molar-refractivity contribution is 5.36. The Hall–Kier alpha value is -2.60. The molecule has 0 aliphatic rings. The zero-order valence-corrected chi connectivity index (χ0v) is 11.7. The minimum absolute atomic E-state index is 0.310. The first kappa shape index (κ1) is 14.3. The molecule has 22 heavy (non-hydrogen) atoms. The van der Waals surface area contributed by atoms with Crippen LogP contribution in [0.25, 0.3) is 5.69 Å². The lowest BCUT2D eigenvalue weighted by molar-refractivity contribution is 0.207. The van der Waals surface area contributed by atoms with Crippen LogP contribution in [0.3, 0.4) is 0 Å². The van der Waals surface area contributed by atoms with Crippen molar-refractivity contribution in [2.24, 2.45) is 0 Å². The first-order valence-corrected chi connectivity index (χ1v) is 6.66. The summed E-state index contributed by atoms with van der Waals surface area (Å²) >= 11 is 0. The van der Waals surface area contributed by atoms with Crippen LogP contribution in [-0.2, 0) is 0 Å². The van der Waals surface area contributed by atoms with Crippen LogP contribution in [0.15, 0.2) is 48.7 Å². The summed E-state index contributed by atoms with van der Waals surface area (Å²) in [5.74, 6) is -0.825. The molecule has 2 heterocycles. The van der Waals surface area contributed by atoms with Gasteiger partial charge in [0, 0.05) is 0 Å². The van der Waals surface area contributed by atoms with E-state index in [4.69, 9.17) is 0 Å². The Labute approximate surface area is 125 Å². The van der Waals surface area contributed by atoms with E-state index in [-0.39, 0.29) is 5.82 Å². The summed E-state index contributed by atoms with van der Waals surface area (Å²) in [5.41, 5.74) is 2.10. The van der Waals surface area contributed by atoms with Crippen LogP contribution >= 0.6 is 0 Å². The van der Waals surface area contributed by atoms with E-state index < -0.39 is 11.9 Å². The fourth-order valence-corrected chi connectivity index (χ4v) is 2.20. The van der Waals surface area contributed by atoms with Gasteiger partial charge in [0.1, 0.15) is 17.7 Å². The first-order valence-electron chi connectivity index (χ1n) is 6.66. The molecule has 1 atom stereocenters. The molecule has 0 saturated carbocycles. The quantitative estimate of drug-likeness (QED) is 0.809. The fraction of sp³-hybridized carbons (Fsp3) is 0.125. The highest BCUT2D eigenvalue weighted by Gasteiger charge is 2.19. The Bertz CT molecular complexity index is 782. The molecule has 1 N–H and O–H groups in total. The van der Waals surface area contributed by atoms with Crippen molar-refractivity contribution in [1.29, 1.82) is 0 Å². The van der Waals surface area contributed by atoms with E-state index in [2.05, 4.69) is 10.1 Å². The predicted molar refractivity (Wildman–Crippen MR) is 76.5 cm³/mol. The number of halogens is 2. The molecular weight excluding hydrogens is 288 g/mol. The summed E-state index contributed by atoms with van der Waals surface area (Å²) in [6.07, 6.45) is -0.0175. The van der Waals surface area contributed by atoms with Crippen molar-refractivity contribution >= 4 is 0 Å². The largest absolute Gasteiger partial charge is 0.380 e. The average molecular weight is 301 g/mol. The van der Waals surface area contributed by atoms with Gasteiger partial charge in [-0.3, -0.25) is 4.98 Å². The number of benzene rings is 1. The molecule has 4 nitrogen and oxygen atoms in total. The van der Waals surface area contributed by atoms with Gasteiger partial charge in [0.15, 0.2) is 0 Å². The molecule has 2 aromatic heterocycles. The minimum Gasteiger partial charge on any atom is -0.380 e. The number of aryl methyl sites for hydroxylation is 1. The van der Waals surface area contributed by atoms with Crippen molar-refractivity contribution < 1.29 is 13.9 Å². The molecule has 0 fully saturated rings. The lowest BCUT2D eigenvalue weighted by Crippen LogP contribution is -2.10. The third-order valence-corrected chi connectivity index (χ3v) is 3.24. The molecule has 6 heteroatoms. The zero-order valence-electron chi connectivity index (χ0n) is 11.7. The van der Waals surface area contributed by atoms with Crippen LogP contribution in [0.1, 0.15) is 23.2 Å². The molecule has 0 radical (unpaired) electrons. The zero-order chi connectivity index (χ0) is 15.7. The second-order valence-electron chi connectivity index (χ2n) is 4.90. The number of nitrogens with zero attached hydrogens (tertiary/aromatic N) is 3. The smallest absolute Gasteiger partial charge is 0.141 e. The van der Waals surface area contributed by atoms with Gasteiger partial charge in [0.05, 0.1) is 29.0 Å². The third kappa shape index (κ3) is 2.73. The van der Waals surface area contributed by atoms with Crippen LogP contribution in [-0.4, -0.2) is 19.9 Å². The van der Waals surface area contributed by atoms with Crippen molar-refractivity contribution in [1.82, 2.24) is 14.8 Å². The number of aromatic nitrogens is 3. The lowest BCUT2D eigenvalue weighted by atomic mass is 10.1. The predicted octanol–water partition coefficient (Wildman–Crippen LogP) is 2.94. The average Bonchev–Trinajstić information content (AvgIpc) is 2.90. The number of hydrogen-bond donors (Lipinski definition) is 1. The number of rotatable bonds is 3. The van der Waals surface area contributed by atoms with Crippen molar-refractivity contribution in [3.8, 4) is 5.69 Å². The molecule has 0 saturated heterocycles. The van der Waals surface area contributed by atoms with Crippen molar-refractivity contribution in [2.75, 3.05) is 0 Å². The van der Waals surface area contributed by atoms with E-state index in [0.29, 0.717) is 22.8 Å². The number of aliphatic hydroxyl groups is 1. The Morgan fingerprint density at radius 3 is 2.36 bits per heavy atom. The highest BCUT2D eigenvalue weighted by atomic mass is 19.1. The van der Waals surface area contributed by atoms with E-state index in [1.165, 1.54) is 28.9 Å². The summed E-state index contributed by atoms with van der Waals surface area (Å²) in [6, 6.07) is 10.1. The van der Waals surface area contributed by atoms with E-state index in [1.807, 2.05) is 0 Å². The molecule has 112 valence electrons. The third-order valence-electron chi connectivity index (χ3n) is 3.24. The molecule has 1 aromatic carbocycles. The first-order chi connectivity index (χ1) is 10.5. The minimum atomic E-state index is -1.06. The van der Waals surface area contributed by atoms with Gasteiger partial charge in [0.2, 0.25) is 0 Å². The van der Waals surface area contributed by atoms with Crippen LogP contribution in [0.2, 0.25) is 0 Å². The van der Waals surface area contributed by atoms with Crippen molar-refractivity contribution in [3.63, 3.8) is 0 Å².